The smallest absolute Gasteiger partial charge is 0.491 e. The molecule has 0 atom stereocenters. The monoisotopic (exact) mass is 464 g/mol. The standard InChI is InChI=1S/C27H33BO6/c1-19(2)29-22-7-13-25(14-8-22)32-28(33-26-15-9-23(10-16-26)30-20(3)4)34-27-17-11-24(12-18-27)31-21(5)6/h7-21H,1-6H3. The van der Waals surface area contributed by atoms with E-state index in [1.54, 1.807) is 0 Å². The van der Waals surface area contributed by atoms with E-state index >= 15 is 0 Å². The van der Waals surface area contributed by atoms with Gasteiger partial charge in [-0.25, -0.2) is 0 Å². The first-order valence-electron chi connectivity index (χ1n) is 11.6. The Balaban J connectivity index is 1.73. The van der Waals surface area contributed by atoms with E-state index in [0.717, 1.165) is 17.2 Å². The summed E-state index contributed by atoms with van der Waals surface area (Å²) in [7, 11) is -1.02. The van der Waals surface area contributed by atoms with E-state index in [0.29, 0.717) is 17.2 Å². The highest BCUT2D eigenvalue weighted by Crippen LogP contribution is 2.24. The molecule has 0 aliphatic carbocycles. The number of hydrogen-bond donors (Lipinski definition) is 0. The van der Waals surface area contributed by atoms with Crippen molar-refractivity contribution in [2.45, 2.75) is 59.9 Å². The van der Waals surface area contributed by atoms with E-state index in [-0.39, 0.29) is 18.3 Å². The van der Waals surface area contributed by atoms with Gasteiger partial charge in [0.25, 0.3) is 0 Å². The summed E-state index contributed by atoms with van der Waals surface area (Å²) in [4.78, 5) is 0. The average molecular weight is 464 g/mol. The van der Waals surface area contributed by atoms with Crippen molar-refractivity contribution in [2.24, 2.45) is 0 Å². The Bertz CT molecular complexity index is 853. The lowest BCUT2D eigenvalue weighted by atomic mass is 10.2. The molecular formula is C27H33BO6. The first-order chi connectivity index (χ1) is 16.3. The molecule has 0 aromatic heterocycles. The quantitative estimate of drug-likeness (QED) is 0.283. The van der Waals surface area contributed by atoms with Crippen molar-refractivity contribution in [1.82, 2.24) is 0 Å². The minimum absolute atomic E-state index is 0.0940. The summed E-state index contributed by atoms with van der Waals surface area (Å²) in [5.74, 6) is 4.05. The van der Waals surface area contributed by atoms with Crippen LogP contribution >= 0.6 is 0 Å². The molecule has 3 aromatic rings. The first kappa shape index (κ1) is 25.2. The molecule has 6 nitrogen and oxygen atoms in total. The molecule has 0 amide bonds. The highest BCUT2D eigenvalue weighted by molar-refractivity contribution is 6.39. The first-order valence-corrected chi connectivity index (χ1v) is 11.6. The van der Waals surface area contributed by atoms with E-state index in [1.165, 1.54) is 0 Å². The fourth-order valence-electron chi connectivity index (χ4n) is 3.01. The summed E-state index contributed by atoms with van der Waals surface area (Å²) in [6.07, 6.45) is 0.282. The summed E-state index contributed by atoms with van der Waals surface area (Å²) in [6, 6.07) is 22.0. The summed E-state index contributed by atoms with van der Waals surface area (Å²) < 4.78 is 35.1. The third-order valence-electron chi connectivity index (χ3n) is 4.28. The molecule has 0 saturated heterocycles. The van der Waals surface area contributed by atoms with Crippen molar-refractivity contribution < 1.29 is 28.2 Å². The number of rotatable bonds is 12. The predicted molar refractivity (Wildman–Crippen MR) is 134 cm³/mol. The average Bonchev–Trinajstić information content (AvgIpc) is 2.77. The molecule has 0 aliphatic rings. The molecule has 7 heteroatoms. The summed E-state index contributed by atoms with van der Waals surface area (Å²) in [5, 5.41) is 0. The maximum absolute atomic E-state index is 6.01. The van der Waals surface area contributed by atoms with Crippen LogP contribution in [-0.2, 0) is 0 Å². The van der Waals surface area contributed by atoms with E-state index in [2.05, 4.69) is 0 Å². The number of ether oxygens (including phenoxy) is 3. The van der Waals surface area contributed by atoms with Crippen LogP contribution in [0.15, 0.2) is 72.8 Å². The molecule has 0 unspecified atom stereocenters. The van der Waals surface area contributed by atoms with Crippen LogP contribution in [-0.4, -0.2) is 25.6 Å². The molecule has 0 saturated carbocycles. The van der Waals surface area contributed by atoms with E-state index in [9.17, 15) is 0 Å². The van der Waals surface area contributed by atoms with Gasteiger partial charge in [0, 0.05) is 0 Å². The van der Waals surface area contributed by atoms with Gasteiger partial charge in [0.05, 0.1) is 18.3 Å². The van der Waals surface area contributed by atoms with Crippen molar-refractivity contribution in [2.75, 3.05) is 0 Å². The zero-order valence-corrected chi connectivity index (χ0v) is 20.7. The SMILES string of the molecule is CC(C)Oc1ccc(OB(Oc2ccc(OC(C)C)cc2)Oc2ccc(OC(C)C)cc2)cc1. The Labute approximate surface area is 202 Å². The highest BCUT2D eigenvalue weighted by Gasteiger charge is 2.30. The molecule has 3 rings (SSSR count). The third-order valence-corrected chi connectivity index (χ3v) is 4.28. The Morgan fingerprint density at radius 2 is 0.588 bits per heavy atom. The number of hydrogen-bond acceptors (Lipinski definition) is 6. The Morgan fingerprint density at radius 3 is 0.794 bits per heavy atom. The third kappa shape index (κ3) is 8.47. The molecule has 0 spiro atoms. The normalized spacial score (nSPS) is 10.9. The molecule has 3 aromatic carbocycles. The molecule has 0 bridgehead atoms. The molecule has 0 fully saturated rings. The second-order valence-electron chi connectivity index (χ2n) is 8.56. The number of benzene rings is 3. The van der Waals surface area contributed by atoms with Gasteiger partial charge < -0.3 is 28.2 Å². The van der Waals surface area contributed by atoms with E-state index in [1.807, 2.05) is 114 Å². The maximum Gasteiger partial charge on any atom is 0.864 e. The van der Waals surface area contributed by atoms with Crippen LogP contribution in [0.2, 0.25) is 0 Å². The van der Waals surface area contributed by atoms with Crippen LogP contribution < -0.4 is 28.2 Å². The van der Waals surface area contributed by atoms with Crippen molar-refractivity contribution >= 4 is 7.32 Å². The van der Waals surface area contributed by atoms with Gasteiger partial charge in [0.2, 0.25) is 0 Å². The van der Waals surface area contributed by atoms with Gasteiger partial charge in [-0.1, -0.05) is 0 Å². The van der Waals surface area contributed by atoms with Crippen LogP contribution in [0.25, 0.3) is 0 Å². The van der Waals surface area contributed by atoms with Gasteiger partial charge in [0.15, 0.2) is 0 Å². The molecule has 180 valence electrons. The van der Waals surface area contributed by atoms with Crippen LogP contribution in [0.5, 0.6) is 34.5 Å². The summed E-state index contributed by atoms with van der Waals surface area (Å²) in [6.45, 7) is 11.9. The fourth-order valence-corrected chi connectivity index (χ4v) is 3.01. The Kier molecular flexibility index (Phi) is 8.97. The minimum Gasteiger partial charge on any atom is -0.491 e. The zero-order valence-electron chi connectivity index (χ0n) is 20.7. The molecule has 34 heavy (non-hydrogen) atoms. The second kappa shape index (κ2) is 12.1. The largest absolute Gasteiger partial charge is 0.864 e. The van der Waals surface area contributed by atoms with Gasteiger partial charge >= 0.3 is 7.32 Å². The molecule has 0 radical (unpaired) electrons. The fraction of sp³-hybridized carbons (Fsp3) is 0.333. The van der Waals surface area contributed by atoms with Gasteiger partial charge in [-0.05, 0) is 114 Å². The minimum atomic E-state index is -1.02. The predicted octanol–water partition coefficient (Wildman–Crippen LogP) is 6.57. The van der Waals surface area contributed by atoms with E-state index in [4.69, 9.17) is 28.2 Å². The zero-order chi connectivity index (χ0) is 24.5. The van der Waals surface area contributed by atoms with Crippen molar-refractivity contribution in [3.8, 4) is 34.5 Å². The highest BCUT2D eigenvalue weighted by atomic mass is 16.7. The molecule has 0 N–H and O–H groups in total. The maximum atomic E-state index is 6.01. The van der Waals surface area contributed by atoms with Gasteiger partial charge in [-0.3, -0.25) is 0 Å². The lowest BCUT2D eigenvalue weighted by Crippen LogP contribution is -2.36. The van der Waals surface area contributed by atoms with Gasteiger partial charge in [-0.2, -0.15) is 0 Å². The van der Waals surface area contributed by atoms with Gasteiger partial charge in [-0.15, -0.1) is 0 Å². The molecule has 0 aliphatic heterocycles. The molecule has 0 heterocycles. The van der Waals surface area contributed by atoms with Crippen LogP contribution in [0, 0.1) is 0 Å². The lowest BCUT2D eigenvalue weighted by Gasteiger charge is -2.18. The van der Waals surface area contributed by atoms with Crippen LogP contribution in [0.1, 0.15) is 41.5 Å². The van der Waals surface area contributed by atoms with Crippen molar-refractivity contribution in [3.63, 3.8) is 0 Å². The molecular weight excluding hydrogens is 431 g/mol. The van der Waals surface area contributed by atoms with Gasteiger partial charge in [0.1, 0.15) is 34.5 Å². The second-order valence-corrected chi connectivity index (χ2v) is 8.56. The Hall–Kier alpha value is -3.48. The van der Waals surface area contributed by atoms with Crippen molar-refractivity contribution in [3.05, 3.63) is 72.8 Å². The lowest BCUT2D eigenvalue weighted by molar-refractivity contribution is 0.242. The Morgan fingerprint density at radius 1 is 0.382 bits per heavy atom. The topological polar surface area (TPSA) is 55.4 Å². The van der Waals surface area contributed by atoms with Crippen molar-refractivity contribution in [1.29, 1.82) is 0 Å². The summed E-state index contributed by atoms with van der Waals surface area (Å²) in [5.41, 5.74) is 0. The van der Waals surface area contributed by atoms with E-state index < -0.39 is 7.32 Å². The van der Waals surface area contributed by atoms with Crippen LogP contribution in [0.4, 0.5) is 0 Å². The van der Waals surface area contributed by atoms with Crippen LogP contribution in [0.3, 0.4) is 0 Å². The summed E-state index contributed by atoms with van der Waals surface area (Å²) >= 11 is 0.